The van der Waals surface area contributed by atoms with Gasteiger partial charge in [-0.3, -0.25) is 10.1 Å². The van der Waals surface area contributed by atoms with E-state index in [1.165, 1.54) is 0 Å². The van der Waals surface area contributed by atoms with Crippen LogP contribution in [0.4, 0.5) is 11.4 Å². The first-order valence-electron chi connectivity index (χ1n) is 5.69. The summed E-state index contributed by atoms with van der Waals surface area (Å²) in [5.41, 5.74) is 3.62. The number of aryl methyl sites for hydroxylation is 2. The number of aromatic nitrogens is 1. The highest BCUT2D eigenvalue weighted by Gasteiger charge is 2.15. The quantitative estimate of drug-likeness (QED) is 0.642. The molecular weight excluding hydrogens is 230 g/mol. The standard InChI is InChI=1S/C13H15N3O2/c1-9-6-12(13(16(17)18)7-10(9)2)15-8-11-4-3-5-14-11/h3-7,14-15H,8H2,1-2H3. The fourth-order valence-corrected chi connectivity index (χ4v) is 1.76. The molecule has 0 radical (unpaired) electrons. The van der Waals surface area contributed by atoms with E-state index in [1.807, 2.05) is 38.2 Å². The topological polar surface area (TPSA) is 71.0 Å². The maximum atomic E-state index is 11.0. The third-order valence-corrected chi connectivity index (χ3v) is 2.94. The largest absolute Gasteiger partial charge is 0.374 e. The van der Waals surface area contributed by atoms with Crippen molar-refractivity contribution in [2.75, 3.05) is 5.32 Å². The third-order valence-electron chi connectivity index (χ3n) is 2.94. The molecule has 0 spiro atoms. The van der Waals surface area contributed by atoms with Gasteiger partial charge in [0.15, 0.2) is 0 Å². The summed E-state index contributed by atoms with van der Waals surface area (Å²) in [7, 11) is 0. The Morgan fingerprint density at radius 3 is 2.67 bits per heavy atom. The van der Waals surface area contributed by atoms with Gasteiger partial charge in [-0.2, -0.15) is 0 Å². The summed E-state index contributed by atoms with van der Waals surface area (Å²) in [4.78, 5) is 13.7. The molecule has 5 nitrogen and oxygen atoms in total. The minimum absolute atomic E-state index is 0.115. The van der Waals surface area contributed by atoms with Gasteiger partial charge in [0.05, 0.1) is 11.5 Å². The van der Waals surface area contributed by atoms with Crippen molar-refractivity contribution in [1.82, 2.24) is 4.98 Å². The number of H-pyrrole nitrogens is 1. The molecule has 0 bridgehead atoms. The zero-order chi connectivity index (χ0) is 13.1. The van der Waals surface area contributed by atoms with Crippen molar-refractivity contribution >= 4 is 11.4 Å². The lowest BCUT2D eigenvalue weighted by atomic mass is 10.1. The Balaban J connectivity index is 2.25. The zero-order valence-electron chi connectivity index (χ0n) is 10.4. The van der Waals surface area contributed by atoms with E-state index in [9.17, 15) is 10.1 Å². The number of hydrogen-bond donors (Lipinski definition) is 2. The van der Waals surface area contributed by atoms with E-state index in [0.29, 0.717) is 12.2 Å². The smallest absolute Gasteiger partial charge is 0.292 e. The normalized spacial score (nSPS) is 10.3. The van der Waals surface area contributed by atoms with Crippen LogP contribution in [0.1, 0.15) is 16.8 Å². The summed E-state index contributed by atoms with van der Waals surface area (Å²) in [5.74, 6) is 0. The lowest BCUT2D eigenvalue weighted by molar-refractivity contribution is -0.384. The number of aromatic amines is 1. The Kier molecular flexibility index (Phi) is 3.32. The summed E-state index contributed by atoms with van der Waals surface area (Å²) < 4.78 is 0. The lowest BCUT2D eigenvalue weighted by Gasteiger charge is -2.09. The fourth-order valence-electron chi connectivity index (χ4n) is 1.76. The molecule has 0 aliphatic rings. The molecule has 0 aliphatic carbocycles. The van der Waals surface area contributed by atoms with Crippen molar-refractivity contribution in [3.05, 3.63) is 57.4 Å². The van der Waals surface area contributed by atoms with E-state index in [2.05, 4.69) is 10.3 Å². The van der Waals surface area contributed by atoms with Crippen LogP contribution in [0, 0.1) is 24.0 Å². The van der Waals surface area contributed by atoms with Crippen LogP contribution >= 0.6 is 0 Å². The molecule has 2 rings (SSSR count). The first-order valence-corrected chi connectivity index (χ1v) is 5.69. The average molecular weight is 245 g/mol. The van der Waals surface area contributed by atoms with E-state index >= 15 is 0 Å². The van der Waals surface area contributed by atoms with Gasteiger partial charge in [0, 0.05) is 18.0 Å². The Morgan fingerprint density at radius 2 is 2.06 bits per heavy atom. The number of nitrogens with one attached hydrogen (secondary N) is 2. The number of rotatable bonds is 4. The van der Waals surface area contributed by atoms with Crippen LogP contribution in [-0.2, 0) is 6.54 Å². The number of benzene rings is 1. The Hall–Kier alpha value is -2.30. The molecular formula is C13H15N3O2. The molecule has 1 heterocycles. The SMILES string of the molecule is Cc1cc(NCc2ccc[nH]2)c([N+](=O)[O-])cc1C. The van der Waals surface area contributed by atoms with E-state index in [1.54, 1.807) is 6.07 Å². The second-order valence-electron chi connectivity index (χ2n) is 4.26. The van der Waals surface area contributed by atoms with Gasteiger partial charge in [-0.25, -0.2) is 0 Å². The number of hydrogen-bond acceptors (Lipinski definition) is 3. The molecule has 18 heavy (non-hydrogen) atoms. The highest BCUT2D eigenvalue weighted by atomic mass is 16.6. The van der Waals surface area contributed by atoms with Crippen molar-refractivity contribution < 1.29 is 4.92 Å². The van der Waals surface area contributed by atoms with Gasteiger partial charge < -0.3 is 10.3 Å². The molecule has 94 valence electrons. The molecule has 0 amide bonds. The Labute approximate surface area is 105 Å². The molecule has 0 fully saturated rings. The summed E-state index contributed by atoms with van der Waals surface area (Å²) in [6.45, 7) is 4.35. The molecule has 2 N–H and O–H groups in total. The first kappa shape index (κ1) is 12.2. The monoisotopic (exact) mass is 245 g/mol. The molecule has 0 unspecified atom stereocenters. The minimum Gasteiger partial charge on any atom is -0.374 e. The molecule has 2 aromatic rings. The van der Waals surface area contributed by atoms with Crippen LogP contribution in [-0.4, -0.2) is 9.91 Å². The van der Waals surface area contributed by atoms with Crippen molar-refractivity contribution in [1.29, 1.82) is 0 Å². The van der Waals surface area contributed by atoms with Crippen LogP contribution < -0.4 is 5.32 Å². The maximum Gasteiger partial charge on any atom is 0.292 e. The highest BCUT2D eigenvalue weighted by molar-refractivity contribution is 5.64. The molecule has 5 heteroatoms. The third kappa shape index (κ3) is 2.51. The van der Waals surface area contributed by atoms with Gasteiger partial charge in [0.2, 0.25) is 0 Å². The van der Waals surface area contributed by atoms with Gasteiger partial charge in [-0.1, -0.05) is 0 Å². The van der Waals surface area contributed by atoms with Gasteiger partial charge >= 0.3 is 0 Å². The Bertz CT molecular complexity index is 562. The van der Waals surface area contributed by atoms with Crippen molar-refractivity contribution in [3.63, 3.8) is 0 Å². The van der Waals surface area contributed by atoms with E-state index in [-0.39, 0.29) is 10.6 Å². The number of nitrogens with zero attached hydrogens (tertiary/aromatic N) is 1. The molecule has 0 saturated heterocycles. The van der Waals surface area contributed by atoms with Crippen LogP contribution in [0.5, 0.6) is 0 Å². The number of nitro benzene ring substituents is 1. The van der Waals surface area contributed by atoms with Crippen molar-refractivity contribution in [2.45, 2.75) is 20.4 Å². The average Bonchev–Trinajstić information content (AvgIpc) is 2.83. The molecule has 0 atom stereocenters. The summed E-state index contributed by atoms with van der Waals surface area (Å²) in [6.07, 6.45) is 1.83. The van der Waals surface area contributed by atoms with Crippen LogP contribution in [0.2, 0.25) is 0 Å². The molecule has 1 aromatic carbocycles. The second-order valence-corrected chi connectivity index (χ2v) is 4.26. The predicted octanol–water partition coefficient (Wildman–Crippen LogP) is 3.15. The summed E-state index contributed by atoms with van der Waals surface area (Å²) >= 11 is 0. The van der Waals surface area contributed by atoms with Crippen LogP contribution in [0.15, 0.2) is 30.5 Å². The van der Waals surface area contributed by atoms with Gasteiger partial charge in [0.1, 0.15) is 5.69 Å². The highest BCUT2D eigenvalue weighted by Crippen LogP contribution is 2.28. The molecule has 0 aliphatic heterocycles. The van der Waals surface area contributed by atoms with Crippen molar-refractivity contribution in [3.8, 4) is 0 Å². The Morgan fingerprint density at radius 1 is 1.33 bits per heavy atom. The maximum absolute atomic E-state index is 11.0. The molecule has 0 saturated carbocycles. The fraction of sp³-hybridized carbons (Fsp3) is 0.231. The van der Waals surface area contributed by atoms with Gasteiger partial charge in [0.25, 0.3) is 5.69 Å². The number of nitro groups is 1. The first-order chi connectivity index (χ1) is 8.58. The zero-order valence-corrected chi connectivity index (χ0v) is 10.4. The molecule has 1 aromatic heterocycles. The number of anilines is 1. The lowest BCUT2D eigenvalue weighted by Crippen LogP contribution is -2.04. The summed E-state index contributed by atoms with van der Waals surface area (Å²) in [6, 6.07) is 7.24. The van der Waals surface area contributed by atoms with Crippen molar-refractivity contribution in [2.24, 2.45) is 0 Å². The van der Waals surface area contributed by atoms with Gasteiger partial charge in [-0.05, 0) is 43.2 Å². The predicted molar refractivity (Wildman–Crippen MR) is 70.7 cm³/mol. The van der Waals surface area contributed by atoms with Gasteiger partial charge in [-0.15, -0.1) is 0 Å². The van der Waals surface area contributed by atoms with E-state index in [4.69, 9.17) is 0 Å². The van der Waals surface area contributed by atoms with E-state index < -0.39 is 0 Å². The van der Waals surface area contributed by atoms with Crippen LogP contribution in [0.25, 0.3) is 0 Å². The van der Waals surface area contributed by atoms with Crippen LogP contribution in [0.3, 0.4) is 0 Å². The summed E-state index contributed by atoms with van der Waals surface area (Å²) in [5, 5.41) is 14.1. The second kappa shape index (κ2) is 4.91. The minimum atomic E-state index is -0.358. The van der Waals surface area contributed by atoms with E-state index in [0.717, 1.165) is 16.8 Å².